The van der Waals surface area contributed by atoms with Gasteiger partial charge in [-0.15, -0.1) is 0 Å². The van der Waals surface area contributed by atoms with Gasteiger partial charge < -0.3 is 9.84 Å². The van der Waals surface area contributed by atoms with Gasteiger partial charge >= 0.3 is 5.97 Å². The van der Waals surface area contributed by atoms with Gasteiger partial charge in [0, 0.05) is 6.42 Å². The van der Waals surface area contributed by atoms with Crippen molar-refractivity contribution in [2.45, 2.75) is 17.9 Å². The number of hydrogen-bond donors (Lipinski definition) is 1. The zero-order valence-corrected chi connectivity index (χ0v) is 8.04. The molecule has 0 aromatic carbocycles. The van der Waals surface area contributed by atoms with Gasteiger partial charge in [0.25, 0.3) is 0 Å². The van der Waals surface area contributed by atoms with Crippen molar-refractivity contribution in [3.05, 3.63) is 23.8 Å². The molecule has 1 aliphatic rings. The van der Waals surface area contributed by atoms with E-state index in [4.69, 9.17) is 11.6 Å². The van der Waals surface area contributed by atoms with Gasteiger partial charge in [0.15, 0.2) is 5.06 Å². The van der Waals surface area contributed by atoms with Gasteiger partial charge in [-0.1, -0.05) is 29.8 Å². The van der Waals surface area contributed by atoms with E-state index in [2.05, 4.69) is 4.74 Å². The van der Waals surface area contributed by atoms with Gasteiger partial charge in [-0.3, -0.25) is 4.79 Å². The maximum absolute atomic E-state index is 10.9. The zero-order valence-electron chi connectivity index (χ0n) is 7.29. The normalized spacial score (nSPS) is 26.8. The average molecular weight is 203 g/mol. The number of hydrogen-bond acceptors (Lipinski definition) is 3. The van der Waals surface area contributed by atoms with Crippen molar-refractivity contribution >= 4 is 17.6 Å². The number of alkyl halides is 1. The zero-order chi connectivity index (χ0) is 9.90. The molecule has 0 saturated carbocycles. The maximum Gasteiger partial charge on any atom is 0.309 e. The molecule has 0 spiro atoms. The molecule has 0 heterocycles. The van der Waals surface area contributed by atoms with Crippen molar-refractivity contribution in [1.29, 1.82) is 0 Å². The van der Waals surface area contributed by atoms with E-state index in [1.165, 1.54) is 7.11 Å². The minimum absolute atomic E-state index is 0.0286. The second-order valence-corrected chi connectivity index (χ2v) is 3.46. The Bertz CT molecular complexity index is 266. The minimum Gasteiger partial charge on any atom is -0.469 e. The van der Waals surface area contributed by atoms with E-state index in [9.17, 15) is 9.90 Å². The number of carbonyl (C=O) groups is 1. The van der Waals surface area contributed by atoms with Gasteiger partial charge in [0.1, 0.15) is 0 Å². The van der Waals surface area contributed by atoms with E-state index in [-0.39, 0.29) is 6.42 Å². The molecule has 0 radical (unpaired) electrons. The molecule has 4 heteroatoms. The van der Waals surface area contributed by atoms with Crippen LogP contribution in [0.4, 0.5) is 0 Å². The van der Waals surface area contributed by atoms with Crippen molar-refractivity contribution in [1.82, 2.24) is 0 Å². The topological polar surface area (TPSA) is 46.5 Å². The molecule has 13 heavy (non-hydrogen) atoms. The van der Waals surface area contributed by atoms with E-state index in [0.717, 1.165) is 0 Å². The first kappa shape index (κ1) is 10.3. The van der Waals surface area contributed by atoms with Crippen LogP contribution < -0.4 is 0 Å². The van der Waals surface area contributed by atoms with E-state index >= 15 is 0 Å². The molecule has 1 atom stereocenters. The third-order valence-electron chi connectivity index (χ3n) is 1.88. The van der Waals surface area contributed by atoms with E-state index in [1.54, 1.807) is 18.2 Å². The van der Waals surface area contributed by atoms with Gasteiger partial charge in [-0.05, 0) is 5.57 Å². The Morgan fingerprint density at radius 3 is 3.08 bits per heavy atom. The lowest BCUT2D eigenvalue weighted by molar-refractivity contribution is -0.140. The van der Waals surface area contributed by atoms with Crippen LogP contribution in [0.15, 0.2) is 23.8 Å². The summed E-state index contributed by atoms with van der Waals surface area (Å²) in [5.41, 5.74) is 0.475. The van der Waals surface area contributed by atoms with Gasteiger partial charge in [-0.2, -0.15) is 0 Å². The molecular weight excluding hydrogens is 192 g/mol. The Morgan fingerprint density at radius 1 is 1.85 bits per heavy atom. The second kappa shape index (κ2) is 3.94. The highest BCUT2D eigenvalue weighted by Crippen LogP contribution is 2.31. The van der Waals surface area contributed by atoms with Crippen molar-refractivity contribution in [3.63, 3.8) is 0 Å². The smallest absolute Gasteiger partial charge is 0.309 e. The predicted octanol–water partition coefficient (Wildman–Crippen LogP) is 1.36. The lowest BCUT2D eigenvalue weighted by atomic mass is 9.98. The molecule has 72 valence electrons. The Labute approximate surface area is 81.6 Å². The Balaban J connectivity index is 2.71. The molecule has 0 aromatic heterocycles. The largest absolute Gasteiger partial charge is 0.469 e. The number of carbonyl (C=O) groups excluding carboxylic acids is 1. The van der Waals surface area contributed by atoms with Crippen LogP contribution in [0, 0.1) is 0 Å². The summed E-state index contributed by atoms with van der Waals surface area (Å²) in [6, 6.07) is 0. The van der Waals surface area contributed by atoms with Crippen molar-refractivity contribution in [2.75, 3.05) is 7.11 Å². The molecule has 0 bridgehead atoms. The first-order valence-electron chi connectivity index (χ1n) is 3.90. The molecule has 0 amide bonds. The van der Waals surface area contributed by atoms with E-state index in [0.29, 0.717) is 12.0 Å². The monoisotopic (exact) mass is 202 g/mol. The summed E-state index contributed by atoms with van der Waals surface area (Å²) in [4.78, 5) is 10.9. The standard InChI is InChI=1S/C9H11ClO3/c1-13-8(11)6-7-4-2-3-5-9(7,10)12/h2-4,12H,5-6H2,1H3/t9-/m1/s1. The third-order valence-corrected chi connectivity index (χ3v) is 2.27. The summed E-state index contributed by atoms with van der Waals surface area (Å²) in [7, 11) is 1.30. The minimum atomic E-state index is -1.43. The Kier molecular flexibility index (Phi) is 3.12. The molecule has 1 aliphatic carbocycles. The average Bonchev–Trinajstić information content (AvgIpc) is 2.08. The number of esters is 1. The van der Waals surface area contributed by atoms with Gasteiger partial charge in [0.2, 0.25) is 0 Å². The molecule has 3 nitrogen and oxygen atoms in total. The summed E-state index contributed by atoms with van der Waals surface area (Å²) in [6.45, 7) is 0. The number of ether oxygens (including phenoxy) is 1. The SMILES string of the molecule is COC(=O)CC1=CC=CC[C@]1(O)Cl. The summed E-state index contributed by atoms with van der Waals surface area (Å²) in [5.74, 6) is -0.402. The number of aliphatic hydroxyl groups is 1. The molecule has 0 unspecified atom stereocenters. The lowest BCUT2D eigenvalue weighted by Crippen LogP contribution is -2.26. The first-order chi connectivity index (χ1) is 6.06. The molecule has 1 N–H and O–H groups in total. The quantitative estimate of drug-likeness (QED) is 0.543. The number of halogens is 1. The van der Waals surface area contributed by atoms with E-state index in [1.807, 2.05) is 0 Å². The highest BCUT2D eigenvalue weighted by Gasteiger charge is 2.30. The van der Waals surface area contributed by atoms with Crippen molar-refractivity contribution in [2.24, 2.45) is 0 Å². The van der Waals surface area contributed by atoms with Crippen LogP contribution in [0.2, 0.25) is 0 Å². The first-order valence-corrected chi connectivity index (χ1v) is 4.28. The molecule has 0 fully saturated rings. The fraction of sp³-hybridized carbons (Fsp3) is 0.444. The van der Waals surface area contributed by atoms with Crippen LogP contribution >= 0.6 is 11.6 Å². The predicted molar refractivity (Wildman–Crippen MR) is 49.3 cm³/mol. The summed E-state index contributed by atoms with van der Waals surface area (Å²) in [6.07, 6.45) is 5.48. The van der Waals surface area contributed by atoms with Crippen LogP contribution in [-0.2, 0) is 9.53 Å². The molecule has 0 aromatic rings. The molecular formula is C9H11ClO3. The Hall–Kier alpha value is -0.800. The van der Waals surface area contributed by atoms with Crippen LogP contribution in [-0.4, -0.2) is 23.2 Å². The number of rotatable bonds is 2. The van der Waals surface area contributed by atoms with E-state index < -0.39 is 11.0 Å². The maximum atomic E-state index is 10.9. The van der Waals surface area contributed by atoms with Crippen LogP contribution in [0.1, 0.15) is 12.8 Å². The second-order valence-electron chi connectivity index (χ2n) is 2.84. The molecule has 0 saturated heterocycles. The van der Waals surface area contributed by atoms with Crippen LogP contribution in [0.25, 0.3) is 0 Å². The lowest BCUT2D eigenvalue weighted by Gasteiger charge is -2.24. The number of methoxy groups -OCH3 is 1. The summed E-state index contributed by atoms with van der Waals surface area (Å²) >= 11 is 5.77. The Morgan fingerprint density at radius 2 is 2.54 bits per heavy atom. The van der Waals surface area contributed by atoms with Gasteiger partial charge in [-0.25, -0.2) is 0 Å². The van der Waals surface area contributed by atoms with Crippen LogP contribution in [0.3, 0.4) is 0 Å². The summed E-state index contributed by atoms with van der Waals surface area (Å²) < 4.78 is 4.47. The fourth-order valence-corrected chi connectivity index (χ4v) is 1.31. The fourth-order valence-electron chi connectivity index (χ4n) is 1.09. The highest BCUT2D eigenvalue weighted by atomic mass is 35.5. The molecule has 1 rings (SSSR count). The third kappa shape index (κ3) is 2.57. The van der Waals surface area contributed by atoms with Gasteiger partial charge in [0.05, 0.1) is 13.5 Å². The van der Waals surface area contributed by atoms with Crippen LogP contribution in [0.5, 0.6) is 0 Å². The highest BCUT2D eigenvalue weighted by molar-refractivity contribution is 6.25. The summed E-state index contributed by atoms with van der Waals surface area (Å²) in [5, 5.41) is 8.19. The molecule has 0 aliphatic heterocycles. The van der Waals surface area contributed by atoms with Crippen molar-refractivity contribution in [3.8, 4) is 0 Å². The van der Waals surface area contributed by atoms with Crippen molar-refractivity contribution < 1.29 is 14.6 Å². The number of allylic oxidation sites excluding steroid dienone is 2.